The summed E-state index contributed by atoms with van der Waals surface area (Å²) in [5.74, 6) is -0.880. The van der Waals surface area contributed by atoms with E-state index in [9.17, 15) is 9.59 Å². The van der Waals surface area contributed by atoms with Crippen LogP contribution in [0.5, 0.6) is 0 Å². The van der Waals surface area contributed by atoms with Crippen LogP contribution in [0.15, 0.2) is 12.7 Å². The van der Waals surface area contributed by atoms with Crippen LogP contribution in [-0.4, -0.2) is 33.1 Å². The van der Waals surface area contributed by atoms with Crippen molar-refractivity contribution in [1.29, 1.82) is 0 Å². The second-order valence-corrected chi connectivity index (χ2v) is 3.35. The number of nitrogens with zero attached hydrogens (tertiary/aromatic N) is 2. The summed E-state index contributed by atoms with van der Waals surface area (Å²) in [5.41, 5.74) is 0. The van der Waals surface area contributed by atoms with Gasteiger partial charge < -0.3 is 9.84 Å². The smallest absolute Gasteiger partial charge is 0.413 e. The van der Waals surface area contributed by atoms with E-state index < -0.39 is 12.1 Å². The van der Waals surface area contributed by atoms with Crippen LogP contribution in [0.3, 0.4) is 0 Å². The predicted molar refractivity (Wildman–Crippen MR) is 56.4 cm³/mol. The van der Waals surface area contributed by atoms with Gasteiger partial charge in [0.1, 0.15) is 13.0 Å². The fourth-order valence-corrected chi connectivity index (χ4v) is 1.34. The maximum atomic E-state index is 11.0. The second kappa shape index (κ2) is 5.81. The molecule has 0 aliphatic carbocycles. The topological polar surface area (TPSA) is 101 Å². The Morgan fingerprint density at radius 3 is 3.00 bits per heavy atom. The lowest BCUT2D eigenvalue weighted by molar-refractivity contribution is -0.136. The molecule has 2 N–H and O–H groups in total. The molecule has 16 heavy (non-hydrogen) atoms. The van der Waals surface area contributed by atoms with Crippen molar-refractivity contribution in [3.05, 3.63) is 18.5 Å². The molecular formula is C8H9N3O4S. The van der Waals surface area contributed by atoms with Crippen LogP contribution in [0.2, 0.25) is 0 Å². The lowest BCUT2D eigenvalue weighted by Crippen LogP contribution is -2.13. The zero-order chi connectivity index (χ0) is 12.0. The number of amides is 1. The highest BCUT2D eigenvalue weighted by Crippen LogP contribution is 2.11. The summed E-state index contributed by atoms with van der Waals surface area (Å²) in [4.78, 5) is 25.2. The largest absolute Gasteiger partial charge is 0.481 e. The average Bonchev–Trinajstić information content (AvgIpc) is 2.61. The molecule has 7 nitrogen and oxygen atoms in total. The van der Waals surface area contributed by atoms with Gasteiger partial charge in [-0.1, -0.05) is 12.7 Å². The molecule has 86 valence electrons. The van der Waals surface area contributed by atoms with E-state index in [0.29, 0.717) is 0 Å². The maximum absolute atomic E-state index is 11.0. The highest BCUT2D eigenvalue weighted by atomic mass is 32.1. The van der Waals surface area contributed by atoms with Crippen molar-refractivity contribution in [2.75, 3.05) is 11.9 Å². The van der Waals surface area contributed by atoms with Crippen molar-refractivity contribution < 1.29 is 19.4 Å². The van der Waals surface area contributed by atoms with E-state index in [-0.39, 0.29) is 24.0 Å². The van der Waals surface area contributed by atoms with Gasteiger partial charge in [-0.3, -0.25) is 10.1 Å². The van der Waals surface area contributed by atoms with Gasteiger partial charge in [-0.25, -0.2) is 9.78 Å². The first-order chi connectivity index (χ1) is 7.61. The van der Waals surface area contributed by atoms with Gasteiger partial charge in [0.15, 0.2) is 5.82 Å². The third kappa shape index (κ3) is 4.05. The normalized spacial score (nSPS) is 9.50. The van der Waals surface area contributed by atoms with Gasteiger partial charge in [-0.2, -0.15) is 4.37 Å². The van der Waals surface area contributed by atoms with Crippen molar-refractivity contribution in [2.45, 2.75) is 6.42 Å². The minimum atomic E-state index is -1.03. The van der Waals surface area contributed by atoms with E-state index in [1.165, 1.54) is 6.08 Å². The first-order valence-electron chi connectivity index (χ1n) is 4.21. The summed E-state index contributed by atoms with van der Waals surface area (Å²) >= 11 is 0.891. The third-order valence-electron chi connectivity index (χ3n) is 1.32. The van der Waals surface area contributed by atoms with Crippen LogP contribution in [0.4, 0.5) is 9.93 Å². The summed E-state index contributed by atoms with van der Waals surface area (Å²) in [7, 11) is 0. The number of hydrogen-bond donors (Lipinski definition) is 2. The molecule has 0 aromatic carbocycles. The van der Waals surface area contributed by atoms with Crippen LogP contribution < -0.4 is 5.32 Å². The summed E-state index contributed by atoms with van der Waals surface area (Å²) in [6, 6.07) is 0. The van der Waals surface area contributed by atoms with Gasteiger partial charge in [0.2, 0.25) is 5.13 Å². The molecule has 0 spiro atoms. The van der Waals surface area contributed by atoms with Crippen molar-refractivity contribution in [3.63, 3.8) is 0 Å². The second-order valence-electron chi connectivity index (χ2n) is 2.60. The standard InChI is InChI=1S/C8H9N3O4S/c1-2-3-15-8(14)10-7-9-5(11-16-7)4-6(12)13/h2H,1,3-4H2,(H,12,13)(H,9,10,11,14). The first-order valence-corrected chi connectivity index (χ1v) is 4.98. The highest BCUT2D eigenvalue weighted by molar-refractivity contribution is 7.09. The van der Waals surface area contributed by atoms with E-state index >= 15 is 0 Å². The molecule has 0 atom stereocenters. The zero-order valence-corrected chi connectivity index (χ0v) is 8.99. The van der Waals surface area contributed by atoms with Gasteiger partial charge in [-0.05, 0) is 0 Å². The number of carboxylic acids is 1. The molecule has 1 amide bonds. The number of carboxylic acid groups (broad SMARTS) is 1. The number of rotatable bonds is 5. The van der Waals surface area contributed by atoms with Gasteiger partial charge in [-0.15, -0.1) is 0 Å². The van der Waals surface area contributed by atoms with Crippen LogP contribution in [0, 0.1) is 0 Å². The Bertz CT molecular complexity index is 404. The van der Waals surface area contributed by atoms with Crippen LogP contribution >= 0.6 is 11.5 Å². The molecule has 0 aliphatic rings. The molecule has 0 bridgehead atoms. The zero-order valence-electron chi connectivity index (χ0n) is 8.17. The Kier molecular flexibility index (Phi) is 4.40. The molecule has 0 aliphatic heterocycles. The molecule has 0 saturated carbocycles. The van der Waals surface area contributed by atoms with E-state index in [0.717, 1.165) is 11.5 Å². The number of nitrogens with one attached hydrogen (secondary N) is 1. The minimum absolute atomic E-state index is 0.0899. The summed E-state index contributed by atoms with van der Waals surface area (Å²) in [5, 5.41) is 11.0. The van der Waals surface area contributed by atoms with Gasteiger partial charge in [0, 0.05) is 11.5 Å². The summed E-state index contributed by atoms with van der Waals surface area (Å²) in [6.45, 7) is 3.47. The van der Waals surface area contributed by atoms with Crippen molar-refractivity contribution in [2.24, 2.45) is 0 Å². The molecular weight excluding hydrogens is 234 g/mol. The molecule has 1 heterocycles. The first kappa shape index (κ1) is 12.1. The number of carbonyl (C=O) groups is 2. The highest BCUT2D eigenvalue weighted by Gasteiger charge is 2.10. The predicted octanol–water partition coefficient (Wildman–Crippen LogP) is 0.900. The lowest BCUT2D eigenvalue weighted by Gasteiger charge is -1.99. The fraction of sp³-hybridized carbons (Fsp3) is 0.250. The summed E-state index contributed by atoms with van der Waals surface area (Å²) < 4.78 is 8.39. The SMILES string of the molecule is C=CCOC(=O)Nc1nc(CC(=O)O)ns1. The van der Waals surface area contributed by atoms with Crippen molar-refractivity contribution in [1.82, 2.24) is 9.36 Å². The number of aromatic nitrogens is 2. The van der Waals surface area contributed by atoms with Gasteiger partial charge >= 0.3 is 12.1 Å². The van der Waals surface area contributed by atoms with E-state index in [4.69, 9.17) is 5.11 Å². The Hall–Kier alpha value is -1.96. The molecule has 1 aromatic heterocycles. The van der Waals surface area contributed by atoms with Crippen LogP contribution in [0.25, 0.3) is 0 Å². The van der Waals surface area contributed by atoms with E-state index in [1.807, 2.05) is 0 Å². The number of carbonyl (C=O) groups excluding carboxylic acids is 1. The Morgan fingerprint density at radius 1 is 1.62 bits per heavy atom. The molecule has 0 fully saturated rings. The Balaban J connectivity index is 2.48. The van der Waals surface area contributed by atoms with Gasteiger partial charge in [0.05, 0.1) is 0 Å². The quantitative estimate of drug-likeness (QED) is 0.745. The van der Waals surface area contributed by atoms with Gasteiger partial charge in [0.25, 0.3) is 0 Å². The third-order valence-corrected chi connectivity index (χ3v) is 1.99. The van der Waals surface area contributed by atoms with Crippen molar-refractivity contribution in [3.8, 4) is 0 Å². The van der Waals surface area contributed by atoms with E-state index in [2.05, 4.69) is 26.0 Å². The Labute approximate surface area is 94.9 Å². The van der Waals surface area contributed by atoms with Crippen LogP contribution in [-0.2, 0) is 16.0 Å². The Morgan fingerprint density at radius 2 is 2.38 bits per heavy atom. The molecule has 1 aromatic rings. The molecule has 0 radical (unpaired) electrons. The van der Waals surface area contributed by atoms with Crippen molar-refractivity contribution >= 4 is 28.7 Å². The monoisotopic (exact) mass is 243 g/mol. The lowest BCUT2D eigenvalue weighted by atomic mass is 10.4. The molecule has 1 rings (SSSR count). The fourth-order valence-electron chi connectivity index (χ4n) is 0.770. The molecule has 0 unspecified atom stereocenters. The number of anilines is 1. The molecule has 8 heteroatoms. The van der Waals surface area contributed by atoms with Crippen LogP contribution in [0.1, 0.15) is 5.82 Å². The number of ether oxygens (including phenoxy) is 1. The number of aliphatic carboxylic acids is 1. The molecule has 0 saturated heterocycles. The summed E-state index contributed by atoms with van der Waals surface area (Å²) in [6.07, 6.45) is 0.466. The minimum Gasteiger partial charge on any atom is -0.481 e. The number of hydrogen-bond acceptors (Lipinski definition) is 6. The van der Waals surface area contributed by atoms with E-state index in [1.54, 1.807) is 0 Å². The maximum Gasteiger partial charge on any atom is 0.413 e. The average molecular weight is 243 g/mol.